The summed E-state index contributed by atoms with van der Waals surface area (Å²) in [5.74, 6) is 0.483. The van der Waals surface area contributed by atoms with E-state index < -0.39 is 0 Å². The highest BCUT2D eigenvalue weighted by molar-refractivity contribution is 5.94. The van der Waals surface area contributed by atoms with Crippen LogP contribution in [0.2, 0.25) is 0 Å². The van der Waals surface area contributed by atoms with E-state index in [1.165, 1.54) is 0 Å². The number of amides is 1. The Bertz CT molecular complexity index is 480. The maximum Gasteiger partial charge on any atom is 0.254 e. The number of hydrogen-bond acceptors (Lipinski definition) is 3. The van der Waals surface area contributed by atoms with Crippen molar-refractivity contribution in [2.24, 2.45) is 5.92 Å². The molecule has 4 nitrogen and oxygen atoms in total. The van der Waals surface area contributed by atoms with Gasteiger partial charge in [-0.25, -0.2) is 0 Å². The molecule has 0 bridgehead atoms. The topological polar surface area (TPSA) is 53.3 Å². The Kier molecular flexibility index (Phi) is 6.58. The smallest absolute Gasteiger partial charge is 0.254 e. The van der Waals surface area contributed by atoms with Gasteiger partial charge in [-0.2, -0.15) is 5.26 Å². The highest BCUT2D eigenvalue weighted by atomic mass is 16.5. The number of rotatable bonds is 7. The largest absolute Gasteiger partial charge is 0.494 e. The van der Waals surface area contributed by atoms with E-state index in [1.54, 1.807) is 17.0 Å². The molecule has 0 aliphatic heterocycles. The molecule has 1 aromatic carbocycles. The SMILES string of the molecule is CCCOc1cccc(C(=O)N(CC)CC(C)C#N)c1. The minimum absolute atomic E-state index is 0.0588. The first kappa shape index (κ1) is 16.0. The van der Waals surface area contributed by atoms with Crippen molar-refractivity contribution in [3.05, 3.63) is 29.8 Å². The van der Waals surface area contributed by atoms with Crippen LogP contribution in [0.1, 0.15) is 37.6 Å². The average Bonchev–Trinajstić information content (AvgIpc) is 2.49. The molecule has 108 valence electrons. The Morgan fingerprint density at radius 2 is 2.20 bits per heavy atom. The number of benzene rings is 1. The van der Waals surface area contributed by atoms with E-state index in [0.717, 1.165) is 6.42 Å². The molecule has 1 amide bonds. The Hall–Kier alpha value is -2.02. The van der Waals surface area contributed by atoms with Gasteiger partial charge in [0.25, 0.3) is 5.91 Å². The minimum atomic E-state index is -0.168. The van der Waals surface area contributed by atoms with Crippen molar-refractivity contribution in [1.29, 1.82) is 5.26 Å². The number of carbonyl (C=O) groups excluding carboxylic acids is 1. The fraction of sp³-hybridized carbons (Fsp3) is 0.500. The zero-order chi connectivity index (χ0) is 15.0. The van der Waals surface area contributed by atoms with Crippen LogP contribution in [0.25, 0.3) is 0 Å². The van der Waals surface area contributed by atoms with Gasteiger partial charge in [0.1, 0.15) is 5.75 Å². The second-order valence-electron chi connectivity index (χ2n) is 4.75. The third-order valence-corrected chi connectivity index (χ3v) is 2.94. The van der Waals surface area contributed by atoms with Crippen LogP contribution in [0.5, 0.6) is 5.75 Å². The summed E-state index contributed by atoms with van der Waals surface area (Å²) in [4.78, 5) is 14.1. The van der Waals surface area contributed by atoms with Gasteiger partial charge in [0.2, 0.25) is 0 Å². The maximum atomic E-state index is 12.4. The molecule has 0 radical (unpaired) electrons. The van der Waals surface area contributed by atoms with Crippen molar-refractivity contribution in [2.75, 3.05) is 19.7 Å². The van der Waals surface area contributed by atoms with Crippen LogP contribution < -0.4 is 4.74 Å². The van der Waals surface area contributed by atoms with Crippen molar-refractivity contribution in [1.82, 2.24) is 4.90 Å². The third kappa shape index (κ3) is 4.58. The summed E-state index contributed by atoms with van der Waals surface area (Å²) in [5.41, 5.74) is 0.602. The Morgan fingerprint density at radius 3 is 2.80 bits per heavy atom. The minimum Gasteiger partial charge on any atom is -0.494 e. The molecule has 0 saturated carbocycles. The van der Waals surface area contributed by atoms with Gasteiger partial charge < -0.3 is 9.64 Å². The molecule has 0 aliphatic rings. The van der Waals surface area contributed by atoms with E-state index >= 15 is 0 Å². The number of ether oxygens (including phenoxy) is 1. The predicted molar refractivity (Wildman–Crippen MR) is 78.6 cm³/mol. The second kappa shape index (κ2) is 8.21. The molecule has 4 heteroatoms. The van der Waals surface area contributed by atoms with Crippen LogP contribution >= 0.6 is 0 Å². The molecular formula is C16H22N2O2. The first-order valence-electron chi connectivity index (χ1n) is 7.04. The number of nitriles is 1. The van der Waals surface area contributed by atoms with Crippen LogP contribution in [0, 0.1) is 17.2 Å². The third-order valence-electron chi connectivity index (χ3n) is 2.94. The maximum absolute atomic E-state index is 12.4. The first-order valence-corrected chi connectivity index (χ1v) is 7.04. The lowest BCUT2D eigenvalue weighted by molar-refractivity contribution is 0.0752. The van der Waals surface area contributed by atoms with Gasteiger partial charge in [-0.1, -0.05) is 13.0 Å². The Labute approximate surface area is 121 Å². The molecule has 1 aromatic rings. The van der Waals surface area contributed by atoms with Crippen molar-refractivity contribution in [2.45, 2.75) is 27.2 Å². The van der Waals surface area contributed by atoms with Gasteiger partial charge in [-0.05, 0) is 38.5 Å². The fourth-order valence-corrected chi connectivity index (χ4v) is 1.85. The van der Waals surface area contributed by atoms with Crippen LogP contribution in [-0.4, -0.2) is 30.5 Å². The highest BCUT2D eigenvalue weighted by Gasteiger charge is 2.17. The van der Waals surface area contributed by atoms with Gasteiger partial charge >= 0.3 is 0 Å². The molecule has 0 heterocycles. The normalized spacial score (nSPS) is 11.5. The summed E-state index contributed by atoms with van der Waals surface area (Å²) in [5, 5.41) is 8.86. The van der Waals surface area contributed by atoms with E-state index in [0.29, 0.717) is 31.0 Å². The first-order chi connectivity index (χ1) is 9.62. The zero-order valence-electron chi connectivity index (χ0n) is 12.4. The van der Waals surface area contributed by atoms with Crippen LogP contribution in [0.4, 0.5) is 0 Å². The monoisotopic (exact) mass is 274 g/mol. The van der Waals surface area contributed by atoms with Crippen LogP contribution in [0.15, 0.2) is 24.3 Å². The molecule has 0 saturated heterocycles. The molecule has 0 N–H and O–H groups in total. The summed E-state index contributed by atoms with van der Waals surface area (Å²) in [6, 6.07) is 9.36. The summed E-state index contributed by atoms with van der Waals surface area (Å²) < 4.78 is 5.54. The summed E-state index contributed by atoms with van der Waals surface area (Å²) in [6.07, 6.45) is 0.930. The lowest BCUT2D eigenvalue weighted by Gasteiger charge is -2.22. The van der Waals surface area contributed by atoms with E-state index in [4.69, 9.17) is 10.00 Å². The van der Waals surface area contributed by atoms with Gasteiger partial charge in [0.15, 0.2) is 0 Å². The van der Waals surface area contributed by atoms with Crippen molar-refractivity contribution >= 4 is 5.91 Å². The number of hydrogen-bond donors (Lipinski definition) is 0. The quantitative estimate of drug-likeness (QED) is 0.767. The lowest BCUT2D eigenvalue weighted by Crippen LogP contribution is -2.34. The number of carbonyl (C=O) groups is 1. The van der Waals surface area contributed by atoms with Crippen molar-refractivity contribution in [3.63, 3.8) is 0 Å². The fourth-order valence-electron chi connectivity index (χ4n) is 1.85. The molecule has 20 heavy (non-hydrogen) atoms. The Balaban J connectivity index is 2.81. The summed E-state index contributed by atoms with van der Waals surface area (Å²) in [7, 11) is 0. The van der Waals surface area contributed by atoms with Gasteiger partial charge in [-0.15, -0.1) is 0 Å². The predicted octanol–water partition coefficient (Wildman–Crippen LogP) is 3.10. The zero-order valence-corrected chi connectivity index (χ0v) is 12.4. The second-order valence-corrected chi connectivity index (χ2v) is 4.75. The average molecular weight is 274 g/mol. The van der Waals surface area contributed by atoms with Gasteiger partial charge in [-0.3, -0.25) is 4.79 Å². The van der Waals surface area contributed by atoms with Gasteiger partial charge in [0.05, 0.1) is 18.6 Å². The molecule has 0 fully saturated rings. The molecule has 1 rings (SSSR count). The van der Waals surface area contributed by atoms with Crippen molar-refractivity contribution in [3.8, 4) is 11.8 Å². The molecule has 0 spiro atoms. The standard InChI is InChI=1S/C16H22N2O2/c1-4-9-20-15-8-6-7-14(10-15)16(19)18(5-2)12-13(3)11-17/h6-8,10,13H,4-5,9,12H2,1-3H3. The Morgan fingerprint density at radius 1 is 1.45 bits per heavy atom. The molecule has 1 atom stereocenters. The summed E-state index contributed by atoms with van der Waals surface area (Å²) >= 11 is 0. The van der Waals surface area contributed by atoms with Crippen molar-refractivity contribution < 1.29 is 9.53 Å². The van der Waals surface area contributed by atoms with Crippen LogP contribution in [-0.2, 0) is 0 Å². The molecule has 0 aromatic heterocycles. The van der Waals surface area contributed by atoms with E-state index in [9.17, 15) is 4.79 Å². The summed E-state index contributed by atoms with van der Waals surface area (Å²) in [6.45, 7) is 7.45. The molecular weight excluding hydrogens is 252 g/mol. The molecule has 0 aliphatic carbocycles. The van der Waals surface area contributed by atoms with E-state index in [-0.39, 0.29) is 11.8 Å². The van der Waals surface area contributed by atoms with E-state index in [2.05, 4.69) is 6.07 Å². The van der Waals surface area contributed by atoms with Crippen LogP contribution in [0.3, 0.4) is 0 Å². The lowest BCUT2D eigenvalue weighted by atomic mass is 10.1. The van der Waals surface area contributed by atoms with E-state index in [1.807, 2.05) is 32.9 Å². The molecule has 1 unspecified atom stereocenters. The highest BCUT2D eigenvalue weighted by Crippen LogP contribution is 2.16. The number of nitrogens with zero attached hydrogens (tertiary/aromatic N) is 2. The van der Waals surface area contributed by atoms with Gasteiger partial charge in [0, 0.05) is 18.7 Å².